The van der Waals surface area contributed by atoms with E-state index in [0.717, 1.165) is 71.2 Å². The van der Waals surface area contributed by atoms with Gasteiger partial charge in [-0.3, -0.25) is 4.90 Å². The first-order valence-electron chi connectivity index (χ1n) is 11.3. The van der Waals surface area contributed by atoms with Crippen molar-refractivity contribution in [2.75, 3.05) is 50.9 Å². The molecule has 0 aromatic carbocycles. The summed E-state index contributed by atoms with van der Waals surface area (Å²) >= 11 is 1.92. The molecule has 0 spiro atoms. The number of ether oxygens (including phenoxy) is 2. The molecular weight excluding hydrogens is 384 g/mol. The normalized spacial score (nSPS) is 21.6. The second-order valence-electron chi connectivity index (χ2n) is 8.38. The van der Waals surface area contributed by atoms with E-state index in [9.17, 15) is 0 Å². The topological polar surface area (TPSA) is 50.7 Å². The Morgan fingerprint density at radius 1 is 1.07 bits per heavy atom. The largest absolute Gasteiger partial charge is 0.379 e. The Hall–Kier alpha value is -1.28. The van der Waals surface area contributed by atoms with Gasteiger partial charge in [0, 0.05) is 37.7 Å². The molecule has 0 radical (unpaired) electrons. The van der Waals surface area contributed by atoms with Crippen LogP contribution in [0.2, 0.25) is 0 Å². The fourth-order valence-electron chi connectivity index (χ4n) is 4.91. The first-order chi connectivity index (χ1) is 14.3. The number of anilines is 1. The standard InChI is InChI=1S/C22H32N4O2S/c1-2-28-16-7-9-26(10-8-16)21-20-17-5-3-4-6-18(17)29-22(20)24-19(23-21)15-25-11-13-27-14-12-25/h16H,2-15H2,1H3. The zero-order valence-electron chi connectivity index (χ0n) is 17.5. The molecule has 0 unspecified atom stereocenters. The molecular formula is C22H32N4O2S. The molecule has 4 heterocycles. The highest BCUT2D eigenvalue weighted by atomic mass is 32.1. The van der Waals surface area contributed by atoms with Crippen LogP contribution in [0, 0.1) is 0 Å². The molecule has 0 atom stereocenters. The third-order valence-electron chi connectivity index (χ3n) is 6.45. The average molecular weight is 417 g/mol. The van der Waals surface area contributed by atoms with Crippen molar-refractivity contribution in [1.29, 1.82) is 0 Å². The van der Waals surface area contributed by atoms with Crippen LogP contribution >= 0.6 is 11.3 Å². The van der Waals surface area contributed by atoms with Crippen molar-refractivity contribution in [3.05, 3.63) is 16.3 Å². The molecule has 7 heteroatoms. The molecule has 29 heavy (non-hydrogen) atoms. The Bertz CT molecular complexity index is 841. The fourth-order valence-corrected chi connectivity index (χ4v) is 6.18. The number of aryl methyl sites for hydroxylation is 2. The maximum absolute atomic E-state index is 5.88. The second kappa shape index (κ2) is 8.84. The third-order valence-corrected chi connectivity index (χ3v) is 7.64. The van der Waals surface area contributed by atoms with E-state index in [1.54, 1.807) is 4.88 Å². The number of morpholine rings is 1. The number of nitrogens with zero attached hydrogens (tertiary/aromatic N) is 4. The lowest BCUT2D eigenvalue weighted by Crippen LogP contribution is -2.38. The average Bonchev–Trinajstić information content (AvgIpc) is 3.13. The van der Waals surface area contributed by atoms with Crippen molar-refractivity contribution in [1.82, 2.24) is 14.9 Å². The SMILES string of the molecule is CCOC1CCN(c2nc(CN3CCOCC3)nc3sc4c(c23)CCCC4)CC1. The van der Waals surface area contributed by atoms with Gasteiger partial charge in [0.25, 0.3) is 0 Å². The number of piperidine rings is 1. The lowest BCUT2D eigenvalue weighted by Gasteiger charge is -2.33. The smallest absolute Gasteiger partial charge is 0.146 e. The molecule has 5 rings (SSSR count). The summed E-state index contributed by atoms with van der Waals surface area (Å²) in [6.07, 6.45) is 7.57. The summed E-state index contributed by atoms with van der Waals surface area (Å²) in [7, 11) is 0. The van der Waals surface area contributed by atoms with Gasteiger partial charge >= 0.3 is 0 Å². The number of rotatable bonds is 5. The van der Waals surface area contributed by atoms with E-state index in [4.69, 9.17) is 19.4 Å². The van der Waals surface area contributed by atoms with Crippen molar-refractivity contribution in [3.8, 4) is 0 Å². The quantitative estimate of drug-likeness (QED) is 0.745. The van der Waals surface area contributed by atoms with Gasteiger partial charge < -0.3 is 14.4 Å². The highest BCUT2D eigenvalue weighted by Crippen LogP contribution is 2.40. The van der Waals surface area contributed by atoms with Gasteiger partial charge in [-0.25, -0.2) is 9.97 Å². The van der Waals surface area contributed by atoms with E-state index in [-0.39, 0.29) is 0 Å². The maximum atomic E-state index is 5.88. The summed E-state index contributed by atoms with van der Waals surface area (Å²) in [4.78, 5) is 17.9. The van der Waals surface area contributed by atoms with E-state index in [1.165, 1.54) is 47.3 Å². The summed E-state index contributed by atoms with van der Waals surface area (Å²) in [5.74, 6) is 2.16. The summed E-state index contributed by atoms with van der Waals surface area (Å²) in [5, 5.41) is 1.35. The van der Waals surface area contributed by atoms with Crippen molar-refractivity contribution in [2.24, 2.45) is 0 Å². The zero-order valence-corrected chi connectivity index (χ0v) is 18.3. The zero-order chi connectivity index (χ0) is 19.6. The lowest BCUT2D eigenvalue weighted by molar-refractivity contribution is 0.0331. The van der Waals surface area contributed by atoms with Crippen LogP contribution < -0.4 is 4.90 Å². The lowest BCUT2D eigenvalue weighted by atomic mass is 9.96. The summed E-state index contributed by atoms with van der Waals surface area (Å²) in [6.45, 7) is 9.34. The van der Waals surface area contributed by atoms with Crippen molar-refractivity contribution >= 4 is 27.4 Å². The van der Waals surface area contributed by atoms with Gasteiger partial charge in [-0.2, -0.15) is 0 Å². The van der Waals surface area contributed by atoms with Crippen molar-refractivity contribution in [3.63, 3.8) is 0 Å². The Labute approximate surface area is 177 Å². The summed E-state index contributed by atoms with van der Waals surface area (Å²) in [6, 6.07) is 0. The minimum atomic E-state index is 0.401. The Morgan fingerprint density at radius 3 is 2.66 bits per heavy atom. The van der Waals surface area contributed by atoms with Crippen molar-refractivity contribution < 1.29 is 9.47 Å². The number of fused-ring (bicyclic) bond motifs is 3. The molecule has 3 aliphatic rings. The molecule has 158 valence electrons. The van der Waals surface area contributed by atoms with E-state index in [1.807, 2.05) is 11.3 Å². The van der Waals surface area contributed by atoms with E-state index < -0.39 is 0 Å². The second-order valence-corrected chi connectivity index (χ2v) is 9.47. The molecule has 2 aliphatic heterocycles. The van der Waals surface area contributed by atoms with Crippen molar-refractivity contribution in [2.45, 2.75) is 58.1 Å². The van der Waals surface area contributed by atoms with E-state index in [0.29, 0.717) is 6.10 Å². The molecule has 2 aromatic heterocycles. The summed E-state index contributed by atoms with van der Waals surface area (Å²) in [5.41, 5.74) is 1.54. The van der Waals surface area contributed by atoms with Gasteiger partial charge in [-0.05, 0) is 51.0 Å². The minimum absolute atomic E-state index is 0.401. The molecule has 2 saturated heterocycles. The first-order valence-corrected chi connectivity index (χ1v) is 12.1. The summed E-state index contributed by atoms with van der Waals surface area (Å²) < 4.78 is 11.4. The number of hydrogen-bond acceptors (Lipinski definition) is 7. The van der Waals surface area contributed by atoms with Crippen LogP contribution in [0.4, 0.5) is 5.82 Å². The predicted octanol–water partition coefficient (Wildman–Crippen LogP) is 3.41. The van der Waals surface area contributed by atoms with Crippen LogP contribution in [0.25, 0.3) is 10.2 Å². The molecule has 0 saturated carbocycles. The minimum Gasteiger partial charge on any atom is -0.379 e. The Balaban J connectivity index is 1.48. The fraction of sp³-hybridized carbons (Fsp3) is 0.727. The third kappa shape index (κ3) is 4.15. The van der Waals surface area contributed by atoms with Crippen LogP contribution in [0.15, 0.2) is 0 Å². The number of aromatic nitrogens is 2. The van der Waals surface area contributed by atoms with Gasteiger partial charge in [-0.1, -0.05) is 0 Å². The van der Waals surface area contributed by atoms with Crippen LogP contribution in [0.3, 0.4) is 0 Å². The predicted molar refractivity (Wildman–Crippen MR) is 117 cm³/mol. The highest BCUT2D eigenvalue weighted by Gasteiger charge is 2.27. The number of thiophene rings is 1. The monoisotopic (exact) mass is 416 g/mol. The Morgan fingerprint density at radius 2 is 1.86 bits per heavy atom. The van der Waals surface area contributed by atoms with Crippen LogP contribution in [0.5, 0.6) is 0 Å². The number of hydrogen-bond donors (Lipinski definition) is 0. The first kappa shape index (κ1) is 19.7. The molecule has 0 N–H and O–H groups in total. The van der Waals surface area contributed by atoms with Gasteiger partial charge in [-0.15, -0.1) is 11.3 Å². The van der Waals surface area contributed by atoms with Gasteiger partial charge in [0.1, 0.15) is 16.5 Å². The van der Waals surface area contributed by atoms with Crippen LogP contribution in [0.1, 0.15) is 48.9 Å². The van der Waals surface area contributed by atoms with Gasteiger partial charge in [0.05, 0.1) is 31.2 Å². The molecule has 0 amide bonds. The van der Waals surface area contributed by atoms with E-state index in [2.05, 4.69) is 16.7 Å². The van der Waals surface area contributed by atoms with Crippen LogP contribution in [-0.2, 0) is 28.9 Å². The highest BCUT2D eigenvalue weighted by molar-refractivity contribution is 7.19. The molecule has 0 bridgehead atoms. The molecule has 2 fully saturated rings. The van der Waals surface area contributed by atoms with E-state index >= 15 is 0 Å². The molecule has 2 aromatic rings. The molecule has 6 nitrogen and oxygen atoms in total. The molecule has 1 aliphatic carbocycles. The maximum Gasteiger partial charge on any atom is 0.146 e. The Kier molecular flexibility index (Phi) is 5.99. The van der Waals surface area contributed by atoms with Gasteiger partial charge in [0.2, 0.25) is 0 Å². The van der Waals surface area contributed by atoms with Gasteiger partial charge in [0.15, 0.2) is 0 Å². The van der Waals surface area contributed by atoms with Crippen LogP contribution in [-0.4, -0.2) is 67.0 Å².